The Morgan fingerprint density at radius 3 is 2.62 bits per heavy atom. The second-order valence-corrected chi connectivity index (χ2v) is 5.49. The van der Waals surface area contributed by atoms with Crippen molar-refractivity contribution in [3.8, 4) is 0 Å². The first-order valence-electron chi connectivity index (χ1n) is 6.76. The van der Waals surface area contributed by atoms with E-state index in [0.717, 1.165) is 12.8 Å². The maximum atomic E-state index is 11.9. The van der Waals surface area contributed by atoms with E-state index in [1.54, 1.807) is 0 Å². The van der Waals surface area contributed by atoms with Gasteiger partial charge in [-0.3, -0.25) is 0 Å². The van der Waals surface area contributed by atoms with Crippen molar-refractivity contribution in [2.45, 2.75) is 37.8 Å². The highest BCUT2D eigenvalue weighted by Gasteiger charge is 2.24. The van der Waals surface area contributed by atoms with E-state index in [1.165, 1.54) is 18.2 Å². The molecule has 2 atom stereocenters. The van der Waals surface area contributed by atoms with Crippen molar-refractivity contribution in [1.29, 1.82) is 0 Å². The van der Waals surface area contributed by atoms with E-state index in [-0.39, 0.29) is 22.3 Å². The van der Waals surface area contributed by atoms with E-state index in [4.69, 9.17) is 16.7 Å². The normalized spacial score (nSPS) is 21.6. The van der Waals surface area contributed by atoms with E-state index in [1.807, 2.05) is 0 Å². The monoisotopic (exact) mass is 312 g/mol. The number of rotatable bonds is 3. The molecule has 0 aromatic heterocycles. The summed E-state index contributed by atoms with van der Waals surface area (Å²) >= 11 is 5.75. The highest BCUT2D eigenvalue weighted by Crippen LogP contribution is 2.22. The fourth-order valence-electron chi connectivity index (χ4n) is 2.41. The Kier molecular flexibility index (Phi) is 5.03. The van der Waals surface area contributed by atoms with Crippen molar-refractivity contribution in [2.75, 3.05) is 5.32 Å². The van der Waals surface area contributed by atoms with Crippen LogP contribution in [0.4, 0.5) is 10.5 Å². The highest BCUT2D eigenvalue weighted by atomic mass is 35.5. The number of anilines is 1. The van der Waals surface area contributed by atoms with Crippen molar-refractivity contribution in [3.05, 3.63) is 28.8 Å². The number of hydrogen-bond acceptors (Lipinski definition) is 3. The number of nitrogens with one attached hydrogen (secondary N) is 2. The first kappa shape index (κ1) is 15.6. The minimum Gasteiger partial charge on any atom is -0.478 e. The number of halogens is 1. The van der Waals surface area contributed by atoms with E-state index in [0.29, 0.717) is 12.8 Å². The van der Waals surface area contributed by atoms with Crippen LogP contribution in [-0.4, -0.2) is 34.4 Å². The van der Waals surface area contributed by atoms with Gasteiger partial charge in [-0.25, -0.2) is 9.59 Å². The zero-order valence-corrected chi connectivity index (χ0v) is 12.1. The topological polar surface area (TPSA) is 98.7 Å². The van der Waals surface area contributed by atoms with Gasteiger partial charge in [-0.15, -0.1) is 0 Å². The third kappa shape index (κ3) is 4.09. The number of aromatic carboxylic acids is 1. The SMILES string of the molecule is O=C(Nc1ccc(Cl)cc1C(=O)O)NC1CCCCC1O. The number of carboxylic acid groups (broad SMARTS) is 1. The van der Waals surface area contributed by atoms with Crippen molar-refractivity contribution in [1.82, 2.24) is 5.32 Å². The summed E-state index contributed by atoms with van der Waals surface area (Å²) < 4.78 is 0. The number of hydrogen-bond donors (Lipinski definition) is 4. The molecule has 7 heteroatoms. The van der Waals surface area contributed by atoms with Crippen LogP contribution in [0.5, 0.6) is 0 Å². The fourth-order valence-corrected chi connectivity index (χ4v) is 2.58. The molecule has 0 aliphatic heterocycles. The Balaban J connectivity index is 2.04. The third-order valence-electron chi connectivity index (χ3n) is 3.51. The molecule has 21 heavy (non-hydrogen) atoms. The van der Waals surface area contributed by atoms with Gasteiger partial charge in [-0.2, -0.15) is 0 Å². The number of carbonyl (C=O) groups excluding carboxylic acids is 1. The van der Waals surface area contributed by atoms with E-state index < -0.39 is 18.1 Å². The molecule has 2 rings (SSSR count). The second-order valence-electron chi connectivity index (χ2n) is 5.05. The molecule has 0 radical (unpaired) electrons. The molecule has 1 saturated carbocycles. The number of urea groups is 1. The van der Waals surface area contributed by atoms with Gasteiger partial charge in [0.15, 0.2) is 0 Å². The lowest BCUT2D eigenvalue weighted by Gasteiger charge is -2.28. The lowest BCUT2D eigenvalue weighted by atomic mass is 9.93. The molecular weight excluding hydrogens is 296 g/mol. The summed E-state index contributed by atoms with van der Waals surface area (Å²) in [6, 6.07) is 3.36. The molecule has 2 unspecified atom stereocenters. The van der Waals surface area contributed by atoms with Crippen LogP contribution in [0.3, 0.4) is 0 Å². The van der Waals surface area contributed by atoms with E-state index in [2.05, 4.69) is 10.6 Å². The van der Waals surface area contributed by atoms with E-state index >= 15 is 0 Å². The number of benzene rings is 1. The fraction of sp³-hybridized carbons (Fsp3) is 0.429. The number of aliphatic hydroxyl groups is 1. The highest BCUT2D eigenvalue weighted by molar-refractivity contribution is 6.31. The zero-order valence-electron chi connectivity index (χ0n) is 11.3. The lowest BCUT2D eigenvalue weighted by Crippen LogP contribution is -2.46. The van der Waals surface area contributed by atoms with Crippen molar-refractivity contribution in [2.24, 2.45) is 0 Å². The van der Waals surface area contributed by atoms with Gasteiger partial charge in [0, 0.05) is 5.02 Å². The lowest BCUT2D eigenvalue weighted by molar-refractivity contribution is 0.0698. The summed E-state index contributed by atoms with van der Waals surface area (Å²) in [5.41, 5.74) is 0.0801. The maximum Gasteiger partial charge on any atom is 0.337 e. The summed E-state index contributed by atoms with van der Waals surface area (Å²) in [5.74, 6) is -1.18. The minimum atomic E-state index is -1.18. The van der Waals surface area contributed by atoms with Crippen LogP contribution < -0.4 is 10.6 Å². The summed E-state index contributed by atoms with van der Waals surface area (Å²) in [6.45, 7) is 0. The molecule has 1 aromatic rings. The number of amides is 2. The molecule has 6 nitrogen and oxygen atoms in total. The Labute approximate surface area is 127 Å². The number of carbonyl (C=O) groups is 2. The van der Waals surface area contributed by atoms with Gasteiger partial charge in [0.25, 0.3) is 0 Å². The molecular formula is C14H17ClN2O4. The molecule has 2 amide bonds. The van der Waals surface area contributed by atoms with Crippen LogP contribution in [0.15, 0.2) is 18.2 Å². The van der Waals surface area contributed by atoms with Gasteiger partial charge in [-0.1, -0.05) is 24.4 Å². The van der Waals surface area contributed by atoms with Crippen LogP contribution in [0.25, 0.3) is 0 Å². The predicted octanol–water partition coefficient (Wildman–Crippen LogP) is 2.46. The van der Waals surface area contributed by atoms with Crippen LogP contribution in [0.1, 0.15) is 36.0 Å². The minimum absolute atomic E-state index is 0.0816. The molecule has 114 valence electrons. The van der Waals surface area contributed by atoms with Crippen LogP contribution in [-0.2, 0) is 0 Å². The largest absolute Gasteiger partial charge is 0.478 e. The number of aliphatic hydroxyl groups excluding tert-OH is 1. The van der Waals surface area contributed by atoms with Crippen molar-refractivity contribution >= 4 is 29.3 Å². The molecule has 4 N–H and O–H groups in total. The Hall–Kier alpha value is -1.79. The maximum absolute atomic E-state index is 11.9. The van der Waals surface area contributed by atoms with Crippen LogP contribution in [0.2, 0.25) is 5.02 Å². The van der Waals surface area contributed by atoms with Crippen LogP contribution in [0, 0.1) is 0 Å². The Bertz CT molecular complexity index is 550. The Morgan fingerprint density at radius 1 is 1.24 bits per heavy atom. The second kappa shape index (κ2) is 6.78. The average Bonchev–Trinajstić information content (AvgIpc) is 2.43. The molecule has 0 bridgehead atoms. The van der Waals surface area contributed by atoms with Gasteiger partial charge < -0.3 is 20.8 Å². The number of carboxylic acids is 1. The molecule has 1 aromatic carbocycles. The van der Waals surface area contributed by atoms with Gasteiger partial charge >= 0.3 is 12.0 Å². The van der Waals surface area contributed by atoms with Crippen molar-refractivity contribution < 1.29 is 19.8 Å². The first-order valence-corrected chi connectivity index (χ1v) is 7.13. The van der Waals surface area contributed by atoms with Gasteiger partial charge in [0.1, 0.15) is 0 Å². The standard InChI is InChI=1S/C14H17ClN2O4/c15-8-5-6-10(9(7-8)13(19)20)16-14(21)17-11-3-1-2-4-12(11)18/h5-7,11-12,18H,1-4H2,(H,19,20)(H2,16,17,21). The Morgan fingerprint density at radius 2 is 1.95 bits per heavy atom. The summed E-state index contributed by atoms with van der Waals surface area (Å²) in [6.07, 6.45) is 2.70. The third-order valence-corrected chi connectivity index (χ3v) is 3.74. The van der Waals surface area contributed by atoms with Gasteiger partial charge in [-0.05, 0) is 31.0 Å². The van der Waals surface area contributed by atoms with Gasteiger partial charge in [0.2, 0.25) is 0 Å². The molecule has 1 aliphatic rings. The quantitative estimate of drug-likeness (QED) is 0.689. The predicted molar refractivity (Wildman–Crippen MR) is 78.8 cm³/mol. The molecule has 1 aliphatic carbocycles. The molecule has 0 spiro atoms. The van der Waals surface area contributed by atoms with Gasteiger partial charge in [0.05, 0.1) is 23.4 Å². The smallest absolute Gasteiger partial charge is 0.337 e. The zero-order chi connectivity index (χ0) is 15.4. The summed E-state index contributed by atoms with van der Waals surface area (Å²) in [5, 5.41) is 24.3. The van der Waals surface area contributed by atoms with E-state index in [9.17, 15) is 14.7 Å². The first-order chi connectivity index (χ1) is 9.97. The molecule has 1 fully saturated rings. The summed E-state index contributed by atoms with van der Waals surface area (Å²) in [4.78, 5) is 23.1. The van der Waals surface area contributed by atoms with Crippen molar-refractivity contribution in [3.63, 3.8) is 0 Å². The molecule has 0 saturated heterocycles. The average molecular weight is 313 g/mol. The summed E-state index contributed by atoms with van der Waals surface area (Å²) in [7, 11) is 0. The van der Waals surface area contributed by atoms with Crippen LogP contribution >= 0.6 is 11.6 Å². The molecule has 0 heterocycles.